The fraction of sp³-hybridized carbons (Fsp3) is 0.455. The van der Waals surface area contributed by atoms with Crippen molar-refractivity contribution in [3.05, 3.63) is 30.3 Å². The minimum absolute atomic E-state index is 0. The van der Waals surface area contributed by atoms with E-state index in [1.165, 1.54) is 0 Å². The molecule has 0 saturated carbocycles. The Labute approximate surface area is 135 Å². The van der Waals surface area contributed by atoms with Crippen LogP contribution in [0.4, 0.5) is 5.69 Å². The summed E-state index contributed by atoms with van der Waals surface area (Å²) in [7, 11) is -9.78. The number of para-hydroxylation sites is 1. The van der Waals surface area contributed by atoms with E-state index in [1.54, 1.807) is 0 Å². The first-order valence-corrected chi connectivity index (χ1v) is 9.70. The van der Waals surface area contributed by atoms with Gasteiger partial charge in [-0.05, 0) is 31.5 Å². The van der Waals surface area contributed by atoms with E-state index in [0.717, 1.165) is 5.69 Å². The number of hydrogen-bond donors (Lipinski definition) is 6. The van der Waals surface area contributed by atoms with Crippen molar-refractivity contribution >= 4 is 33.3 Å². The second-order valence-corrected chi connectivity index (χ2v) is 8.30. The maximum Gasteiger partial charge on any atom is 0.354 e. The smallest absolute Gasteiger partial charge is 0.354 e. The SMILES string of the molecule is Cl.O=P(O)(O)C(NCCCCNc1ccccc1)P(=O)(O)O. The Hall–Kier alpha value is -0.430. The summed E-state index contributed by atoms with van der Waals surface area (Å²) in [5.74, 6) is 0. The van der Waals surface area contributed by atoms with Gasteiger partial charge in [-0.15, -0.1) is 12.4 Å². The number of nitrogens with one attached hydrogen (secondary N) is 2. The monoisotopic (exact) mass is 374 g/mol. The highest BCUT2D eigenvalue weighted by atomic mass is 35.5. The van der Waals surface area contributed by atoms with Gasteiger partial charge in [0, 0.05) is 12.2 Å². The molecule has 0 heterocycles. The molecule has 22 heavy (non-hydrogen) atoms. The first-order valence-electron chi connectivity index (χ1n) is 6.34. The van der Waals surface area contributed by atoms with Crippen LogP contribution in [0, 0.1) is 0 Å². The zero-order valence-electron chi connectivity index (χ0n) is 11.7. The van der Waals surface area contributed by atoms with Crippen molar-refractivity contribution in [3.63, 3.8) is 0 Å². The van der Waals surface area contributed by atoms with Gasteiger partial charge in [0.2, 0.25) is 5.52 Å². The van der Waals surface area contributed by atoms with Gasteiger partial charge in [-0.1, -0.05) is 18.2 Å². The van der Waals surface area contributed by atoms with Gasteiger partial charge in [0.25, 0.3) is 0 Å². The molecule has 0 aliphatic rings. The Morgan fingerprint density at radius 3 is 1.91 bits per heavy atom. The molecule has 1 rings (SSSR count). The van der Waals surface area contributed by atoms with Gasteiger partial charge in [-0.2, -0.15) is 0 Å². The second-order valence-electron chi connectivity index (χ2n) is 4.51. The maximum absolute atomic E-state index is 11.0. The highest BCUT2D eigenvalue weighted by Gasteiger charge is 2.42. The van der Waals surface area contributed by atoms with Gasteiger partial charge in [-0.25, -0.2) is 0 Å². The van der Waals surface area contributed by atoms with Crippen LogP contribution in [-0.2, 0) is 9.13 Å². The van der Waals surface area contributed by atoms with Crippen molar-refractivity contribution in [3.8, 4) is 0 Å². The largest absolute Gasteiger partial charge is 0.385 e. The first-order chi connectivity index (χ1) is 9.71. The Kier molecular flexibility index (Phi) is 9.46. The molecule has 0 radical (unpaired) electrons. The lowest BCUT2D eigenvalue weighted by Gasteiger charge is -2.20. The van der Waals surface area contributed by atoms with Crippen LogP contribution in [0.5, 0.6) is 0 Å². The molecule has 0 saturated heterocycles. The number of anilines is 1. The average Bonchev–Trinajstić information content (AvgIpc) is 2.35. The minimum Gasteiger partial charge on any atom is -0.385 e. The van der Waals surface area contributed by atoms with Crippen molar-refractivity contribution in [2.75, 3.05) is 18.4 Å². The van der Waals surface area contributed by atoms with E-state index in [4.69, 9.17) is 19.6 Å². The molecule has 0 aliphatic carbocycles. The van der Waals surface area contributed by atoms with Crippen molar-refractivity contribution in [1.29, 1.82) is 0 Å². The number of halogens is 1. The van der Waals surface area contributed by atoms with Gasteiger partial charge in [0.15, 0.2) is 0 Å². The maximum atomic E-state index is 11.0. The molecular weight excluding hydrogens is 354 g/mol. The highest BCUT2D eigenvalue weighted by molar-refractivity contribution is 7.70. The van der Waals surface area contributed by atoms with E-state index < -0.39 is 20.7 Å². The van der Waals surface area contributed by atoms with Crippen LogP contribution in [0.2, 0.25) is 0 Å². The zero-order chi connectivity index (χ0) is 15.9. The molecular formula is C11H21ClN2O6P2. The van der Waals surface area contributed by atoms with Crippen LogP contribution in [-0.4, -0.2) is 38.2 Å². The number of benzene rings is 1. The molecule has 0 aromatic heterocycles. The van der Waals surface area contributed by atoms with Gasteiger partial charge >= 0.3 is 15.2 Å². The molecule has 0 amide bonds. The molecule has 6 N–H and O–H groups in total. The number of unbranched alkanes of at least 4 members (excludes halogenated alkanes) is 1. The fourth-order valence-electron chi connectivity index (χ4n) is 1.70. The van der Waals surface area contributed by atoms with E-state index in [2.05, 4.69) is 10.6 Å². The highest BCUT2D eigenvalue weighted by Crippen LogP contribution is 2.58. The topological polar surface area (TPSA) is 139 Å². The Morgan fingerprint density at radius 2 is 1.41 bits per heavy atom. The van der Waals surface area contributed by atoms with Crippen LogP contribution in [0.3, 0.4) is 0 Å². The predicted octanol–water partition coefficient (Wildman–Crippen LogP) is 1.53. The molecule has 0 unspecified atom stereocenters. The zero-order valence-corrected chi connectivity index (χ0v) is 14.3. The third-order valence-corrected chi connectivity index (χ3v) is 6.12. The average molecular weight is 375 g/mol. The third-order valence-electron chi connectivity index (χ3n) is 2.67. The summed E-state index contributed by atoms with van der Waals surface area (Å²) in [6.45, 7) is 0.763. The van der Waals surface area contributed by atoms with Crippen LogP contribution >= 0.6 is 27.6 Å². The summed E-state index contributed by atoms with van der Waals surface area (Å²) >= 11 is 0. The lowest BCUT2D eigenvalue weighted by Crippen LogP contribution is -2.30. The fourth-order valence-corrected chi connectivity index (χ4v) is 4.01. The van der Waals surface area contributed by atoms with E-state index in [1.807, 2.05) is 30.3 Å². The van der Waals surface area contributed by atoms with Gasteiger partial charge < -0.3 is 24.9 Å². The standard InChI is InChI=1S/C11H20N2O6P2.ClH/c14-20(15,16)11(21(17,18)19)13-9-5-4-8-12-10-6-2-1-3-7-10;/h1-3,6-7,11-13H,4-5,8-9H2,(H2,14,15,16)(H2,17,18,19);1H. The second kappa shape index (κ2) is 9.65. The van der Waals surface area contributed by atoms with Crippen LogP contribution in [0.15, 0.2) is 30.3 Å². The van der Waals surface area contributed by atoms with Crippen molar-refractivity contribution < 1.29 is 28.7 Å². The summed E-state index contributed by atoms with van der Waals surface area (Å²) < 4.78 is 22.0. The van der Waals surface area contributed by atoms with Crippen molar-refractivity contribution in [2.24, 2.45) is 0 Å². The molecule has 0 fully saturated rings. The Balaban J connectivity index is 0.00000441. The molecule has 11 heteroatoms. The lowest BCUT2D eigenvalue weighted by molar-refractivity contribution is 0.327. The molecule has 1 aromatic rings. The molecule has 0 spiro atoms. The van der Waals surface area contributed by atoms with E-state index >= 15 is 0 Å². The quantitative estimate of drug-likeness (QED) is 0.282. The van der Waals surface area contributed by atoms with Gasteiger partial charge in [0.1, 0.15) is 0 Å². The van der Waals surface area contributed by atoms with Gasteiger partial charge in [0.05, 0.1) is 0 Å². The summed E-state index contributed by atoms with van der Waals surface area (Å²) in [6.07, 6.45) is 1.22. The normalized spacial score (nSPS) is 12.0. The molecule has 1 aromatic carbocycles. The van der Waals surface area contributed by atoms with Crippen LogP contribution in [0.25, 0.3) is 0 Å². The molecule has 128 valence electrons. The van der Waals surface area contributed by atoms with Crippen molar-refractivity contribution in [1.82, 2.24) is 5.32 Å². The number of rotatable bonds is 9. The first kappa shape index (κ1) is 21.6. The summed E-state index contributed by atoms with van der Waals surface area (Å²) in [6, 6.07) is 9.52. The third kappa shape index (κ3) is 8.27. The Bertz CT molecular complexity index is 499. The van der Waals surface area contributed by atoms with E-state index in [0.29, 0.717) is 19.4 Å². The van der Waals surface area contributed by atoms with Crippen LogP contribution < -0.4 is 10.6 Å². The summed E-state index contributed by atoms with van der Waals surface area (Å²) in [5.41, 5.74) is -1.17. The number of hydrogen-bond acceptors (Lipinski definition) is 4. The predicted molar refractivity (Wildman–Crippen MR) is 87.3 cm³/mol. The summed E-state index contributed by atoms with van der Waals surface area (Å²) in [5, 5.41) is 5.40. The molecule has 0 aliphatic heterocycles. The van der Waals surface area contributed by atoms with E-state index in [9.17, 15) is 9.13 Å². The molecule has 0 bridgehead atoms. The molecule has 8 nitrogen and oxygen atoms in total. The van der Waals surface area contributed by atoms with Crippen molar-refractivity contribution in [2.45, 2.75) is 18.4 Å². The summed E-state index contributed by atoms with van der Waals surface area (Å²) in [4.78, 5) is 35.6. The minimum atomic E-state index is -4.89. The van der Waals surface area contributed by atoms with Gasteiger partial charge in [-0.3, -0.25) is 14.4 Å². The van der Waals surface area contributed by atoms with Crippen LogP contribution in [0.1, 0.15) is 12.8 Å². The molecule has 0 atom stereocenters. The Morgan fingerprint density at radius 1 is 0.909 bits per heavy atom. The lowest BCUT2D eigenvalue weighted by atomic mass is 10.3. The van der Waals surface area contributed by atoms with E-state index in [-0.39, 0.29) is 19.0 Å².